The standard InChI is InChI=1S/C14H27N3O2.ClH/c1-10(2)6-7-13(18)16-9-14(19)17-12-5-3-4-11(12)8-15;/h10-12H,3-9,15H2,1-2H3,(H,16,18)(H,17,19);1H. The van der Waals surface area contributed by atoms with Crippen molar-refractivity contribution in [1.29, 1.82) is 0 Å². The van der Waals surface area contributed by atoms with E-state index in [2.05, 4.69) is 24.5 Å². The minimum absolute atomic E-state index is 0. The molecular weight excluding hydrogens is 278 g/mol. The first kappa shape index (κ1) is 19.2. The van der Waals surface area contributed by atoms with Crippen molar-refractivity contribution in [3.8, 4) is 0 Å². The molecule has 2 unspecified atom stereocenters. The highest BCUT2D eigenvalue weighted by Crippen LogP contribution is 2.24. The average molecular weight is 306 g/mol. The van der Waals surface area contributed by atoms with Gasteiger partial charge in [0.25, 0.3) is 0 Å². The first-order chi connectivity index (χ1) is 9.02. The number of hydrogen-bond acceptors (Lipinski definition) is 3. The summed E-state index contributed by atoms with van der Waals surface area (Å²) in [6.07, 6.45) is 4.54. The van der Waals surface area contributed by atoms with Gasteiger partial charge in [0.1, 0.15) is 0 Å². The van der Waals surface area contributed by atoms with E-state index in [0.29, 0.717) is 24.8 Å². The molecule has 4 N–H and O–H groups in total. The lowest BCUT2D eigenvalue weighted by molar-refractivity contribution is -0.126. The molecule has 0 radical (unpaired) electrons. The second kappa shape index (κ2) is 10.00. The van der Waals surface area contributed by atoms with Crippen LogP contribution >= 0.6 is 12.4 Å². The fourth-order valence-electron chi connectivity index (χ4n) is 2.45. The molecule has 5 nitrogen and oxygen atoms in total. The molecule has 118 valence electrons. The number of carbonyl (C=O) groups excluding carboxylic acids is 2. The molecule has 1 aliphatic carbocycles. The third-order valence-electron chi connectivity index (χ3n) is 3.70. The average Bonchev–Trinajstić information content (AvgIpc) is 2.81. The van der Waals surface area contributed by atoms with Crippen LogP contribution in [0.4, 0.5) is 0 Å². The fraction of sp³-hybridized carbons (Fsp3) is 0.857. The van der Waals surface area contributed by atoms with Gasteiger partial charge in [-0.25, -0.2) is 0 Å². The van der Waals surface area contributed by atoms with Gasteiger partial charge in [0.2, 0.25) is 11.8 Å². The van der Waals surface area contributed by atoms with E-state index in [-0.39, 0.29) is 36.8 Å². The van der Waals surface area contributed by atoms with Crippen molar-refractivity contribution in [2.24, 2.45) is 17.6 Å². The summed E-state index contributed by atoms with van der Waals surface area (Å²) in [5, 5.41) is 5.63. The molecule has 6 heteroatoms. The number of amides is 2. The van der Waals surface area contributed by atoms with Crippen LogP contribution in [0.5, 0.6) is 0 Å². The van der Waals surface area contributed by atoms with E-state index in [1.165, 1.54) is 0 Å². The summed E-state index contributed by atoms with van der Waals surface area (Å²) in [5.41, 5.74) is 5.67. The molecule has 0 aromatic heterocycles. The third kappa shape index (κ3) is 7.10. The maximum absolute atomic E-state index is 11.7. The topological polar surface area (TPSA) is 84.2 Å². The third-order valence-corrected chi connectivity index (χ3v) is 3.70. The second-order valence-electron chi connectivity index (χ2n) is 5.81. The molecule has 0 spiro atoms. The smallest absolute Gasteiger partial charge is 0.239 e. The molecule has 2 amide bonds. The number of nitrogens with two attached hydrogens (primary N) is 1. The molecule has 1 saturated carbocycles. The van der Waals surface area contributed by atoms with E-state index in [1.54, 1.807) is 0 Å². The van der Waals surface area contributed by atoms with Gasteiger partial charge in [-0.3, -0.25) is 9.59 Å². The van der Waals surface area contributed by atoms with Crippen LogP contribution in [0.2, 0.25) is 0 Å². The van der Waals surface area contributed by atoms with E-state index < -0.39 is 0 Å². The van der Waals surface area contributed by atoms with E-state index in [9.17, 15) is 9.59 Å². The molecule has 0 heterocycles. The van der Waals surface area contributed by atoms with Gasteiger partial charge in [0, 0.05) is 12.5 Å². The summed E-state index contributed by atoms with van der Waals surface area (Å²) in [5.74, 6) is 0.734. The minimum atomic E-state index is -0.108. The Labute approximate surface area is 127 Å². The van der Waals surface area contributed by atoms with E-state index in [1.807, 2.05) is 0 Å². The van der Waals surface area contributed by atoms with Gasteiger partial charge in [0.15, 0.2) is 0 Å². The summed E-state index contributed by atoms with van der Waals surface area (Å²) in [6, 6.07) is 0.185. The summed E-state index contributed by atoms with van der Waals surface area (Å²) in [7, 11) is 0. The Morgan fingerprint density at radius 2 is 1.95 bits per heavy atom. The number of hydrogen-bond donors (Lipinski definition) is 3. The molecule has 0 bridgehead atoms. The Morgan fingerprint density at radius 3 is 2.55 bits per heavy atom. The van der Waals surface area contributed by atoms with Gasteiger partial charge >= 0.3 is 0 Å². The summed E-state index contributed by atoms with van der Waals surface area (Å²) in [4.78, 5) is 23.2. The number of rotatable bonds is 7. The van der Waals surface area contributed by atoms with Gasteiger partial charge in [-0.1, -0.05) is 20.3 Å². The summed E-state index contributed by atoms with van der Waals surface area (Å²) in [6.45, 7) is 4.84. The lowest BCUT2D eigenvalue weighted by atomic mass is 10.0. The zero-order chi connectivity index (χ0) is 14.3. The van der Waals surface area contributed by atoms with E-state index in [0.717, 1.165) is 25.7 Å². The van der Waals surface area contributed by atoms with Gasteiger partial charge in [0.05, 0.1) is 6.54 Å². The van der Waals surface area contributed by atoms with E-state index in [4.69, 9.17) is 5.73 Å². The first-order valence-electron chi connectivity index (χ1n) is 7.29. The van der Waals surface area contributed by atoms with Crippen molar-refractivity contribution >= 4 is 24.2 Å². The molecule has 0 saturated heterocycles. The molecule has 0 aliphatic heterocycles. The molecule has 0 aromatic rings. The molecule has 20 heavy (non-hydrogen) atoms. The Morgan fingerprint density at radius 1 is 1.25 bits per heavy atom. The maximum Gasteiger partial charge on any atom is 0.239 e. The Kier molecular flexibility index (Phi) is 9.59. The quantitative estimate of drug-likeness (QED) is 0.661. The highest BCUT2D eigenvalue weighted by Gasteiger charge is 2.27. The van der Waals surface area contributed by atoms with Crippen LogP contribution in [0.1, 0.15) is 46.0 Å². The zero-order valence-corrected chi connectivity index (χ0v) is 13.3. The normalized spacial score (nSPS) is 21.4. The lowest BCUT2D eigenvalue weighted by Crippen LogP contribution is -2.44. The minimum Gasteiger partial charge on any atom is -0.352 e. The Bertz CT molecular complexity index is 311. The number of halogens is 1. The second-order valence-corrected chi connectivity index (χ2v) is 5.81. The molecule has 2 atom stereocenters. The van der Waals surface area contributed by atoms with Crippen LogP contribution in [0.3, 0.4) is 0 Å². The monoisotopic (exact) mass is 305 g/mol. The SMILES string of the molecule is CC(C)CCC(=O)NCC(=O)NC1CCCC1CN.Cl. The Hall–Kier alpha value is -0.810. The maximum atomic E-state index is 11.7. The lowest BCUT2D eigenvalue weighted by Gasteiger charge is -2.19. The van der Waals surface area contributed by atoms with Crippen LogP contribution in [0.25, 0.3) is 0 Å². The fourth-order valence-corrected chi connectivity index (χ4v) is 2.45. The highest BCUT2D eigenvalue weighted by atomic mass is 35.5. The van der Waals surface area contributed by atoms with Crippen molar-refractivity contribution in [2.45, 2.75) is 52.0 Å². The van der Waals surface area contributed by atoms with Crippen molar-refractivity contribution in [1.82, 2.24) is 10.6 Å². The van der Waals surface area contributed by atoms with Crippen molar-refractivity contribution < 1.29 is 9.59 Å². The predicted octanol–water partition coefficient (Wildman–Crippen LogP) is 1.20. The van der Waals surface area contributed by atoms with Gasteiger partial charge in [-0.15, -0.1) is 12.4 Å². The van der Waals surface area contributed by atoms with E-state index >= 15 is 0 Å². The Balaban J connectivity index is 0.00000361. The van der Waals surface area contributed by atoms with Crippen molar-refractivity contribution in [2.75, 3.05) is 13.1 Å². The summed E-state index contributed by atoms with van der Waals surface area (Å²) >= 11 is 0. The van der Waals surface area contributed by atoms with Gasteiger partial charge < -0.3 is 16.4 Å². The molecule has 0 aromatic carbocycles. The van der Waals surface area contributed by atoms with Crippen LogP contribution in [-0.2, 0) is 9.59 Å². The van der Waals surface area contributed by atoms with Crippen LogP contribution in [-0.4, -0.2) is 30.9 Å². The predicted molar refractivity (Wildman–Crippen MR) is 82.7 cm³/mol. The zero-order valence-electron chi connectivity index (χ0n) is 12.5. The van der Waals surface area contributed by atoms with Crippen LogP contribution in [0, 0.1) is 11.8 Å². The van der Waals surface area contributed by atoms with Gasteiger partial charge in [-0.2, -0.15) is 0 Å². The van der Waals surface area contributed by atoms with Crippen LogP contribution in [0.15, 0.2) is 0 Å². The van der Waals surface area contributed by atoms with Gasteiger partial charge in [-0.05, 0) is 37.6 Å². The summed E-state index contributed by atoms with van der Waals surface area (Å²) < 4.78 is 0. The number of nitrogens with one attached hydrogen (secondary N) is 2. The van der Waals surface area contributed by atoms with Crippen molar-refractivity contribution in [3.05, 3.63) is 0 Å². The van der Waals surface area contributed by atoms with Crippen LogP contribution < -0.4 is 16.4 Å². The number of carbonyl (C=O) groups is 2. The molecule has 1 aliphatic rings. The first-order valence-corrected chi connectivity index (χ1v) is 7.29. The highest BCUT2D eigenvalue weighted by molar-refractivity contribution is 5.85. The van der Waals surface area contributed by atoms with Crippen molar-refractivity contribution in [3.63, 3.8) is 0 Å². The molecule has 1 rings (SSSR count). The molecular formula is C14H28ClN3O2. The molecule has 1 fully saturated rings. The largest absolute Gasteiger partial charge is 0.352 e.